The Labute approximate surface area is 183 Å². The molecule has 0 spiro atoms. The van der Waals surface area contributed by atoms with E-state index in [0.29, 0.717) is 18.7 Å². The summed E-state index contributed by atoms with van der Waals surface area (Å²) in [6.45, 7) is 8.80. The largest absolute Gasteiger partial charge is 0.360 e. The van der Waals surface area contributed by atoms with Gasteiger partial charge in [-0.15, -0.1) is 0 Å². The highest BCUT2D eigenvalue weighted by molar-refractivity contribution is 7.89. The number of hydrogen-bond acceptors (Lipinski definition) is 7. The van der Waals surface area contributed by atoms with Crippen LogP contribution < -0.4 is 10.0 Å². The molecule has 1 heterocycles. The quantitative estimate of drug-likeness (QED) is 0.531. The zero-order valence-electron chi connectivity index (χ0n) is 18.2. The van der Waals surface area contributed by atoms with Crippen LogP contribution in [0.3, 0.4) is 0 Å². The highest BCUT2D eigenvalue weighted by Gasteiger charge is 2.28. The summed E-state index contributed by atoms with van der Waals surface area (Å²) in [5.41, 5.74) is 0.880. The van der Waals surface area contributed by atoms with E-state index < -0.39 is 32.0 Å². The SMILES string of the molecule is CCN(CC)S(=O)(=O)c1ccc(CNC(=O)[C@H](C)NS(=O)(=O)c2c(C)noc2C)cc1. The molecule has 0 aliphatic carbocycles. The van der Waals surface area contributed by atoms with Crippen LogP contribution in [0.5, 0.6) is 0 Å². The lowest BCUT2D eigenvalue weighted by atomic mass is 10.2. The molecule has 0 aliphatic rings. The van der Waals surface area contributed by atoms with Crippen LogP contribution in [0.15, 0.2) is 38.6 Å². The van der Waals surface area contributed by atoms with Crippen molar-refractivity contribution in [3.63, 3.8) is 0 Å². The smallest absolute Gasteiger partial charge is 0.246 e. The molecule has 1 atom stereocenters. The Morgan fingerprint density at radius 3 is 2.16 bits per heavy atom. The lowest BCUT2D eigenvalue weighted by Crippen LogP contribution is -2.44. The predicted molar refractivity (Wildman–Crippen MR) is 114 cm³/mol. The number of sulfonamides is 2. The maximum Gasteiger partial charge on any atom is 0.246 e. The van der Waals surface area contributed by atoms with Crippen molar-refractivity contribution in [3.8, 4) is 0 Å². The molecule has 12 heteroatoms. The van der Waals surface area contributed by atoms with Gasteiger partial charge in [-0.2, -0.15) is 9.03 Å². The van der Waals surface area contributed by atoms with Crippen LogP contribution in [0.1, 0.15) is 37.8 Å². The first-order valence-electron chi connectivity index (χ1n) is 9.76. The minimum atomic E-state index is -3.98. The van der Waals surface area contributed by atoms with Gasteiger partial charge in [0.2, 0.25) is 26.0 Å². The molecule has 2 N–H and O–H groups in total. The monoisotopic (exact) mass is 472 g/mol. The Morgan fingerprint density at radius 2 is 1.68 bits per heavy atom. The van der Waals surface area contributed by atoms with Crippen LogP contribution in [0.4, 0.5) is 0 Å². The van der Waals surface area contributed by atoms with E-state index >= 15 is 0 Å². The number of amides is 1. The molecular weight excluding hydrogens is 444 g/mol. The average molecular weight is 473 g/mol. The first-order valence-corrected chi connectivity index (χ1v) is 12.7. The molecular formula is C19H28N4O6S2. The zero-order chi connectivity index (χ0) is 23.4. The summed E-state index contributed by atoms with van der Waals surface area (Å²) >= 11 is 0. The van der Waals surface area contributed by atoms with E-state index in [-0.39, 0.29) is 27.8 Å². The predicted octanol–water partition coefficient (Wildman–Crippen LogP) is 1.31. The van der Waals surface area contributed by atoms with Crippen molar-refractivity contribution >= 4 is 26.0 Å². The molecule has 10 nitrogen and oxygen atoms in total. The van der Waals surface area contributed by atoms with E-state index in [1.54, 1.807) is 26.0 Å². The van der Waals surface area contributed by atoms with Gasteiger partial charge in [-0.1, -0.05) is 31.1 Å². The standard InChI is InChI=1S/C19H28N4O6S2/c1-6-23(7-2)31(27,28)17-10-8-16(9-11-17)12-20-19(24)14(4)22-30(25,26)18-13(3)21-29-15(18)5/h8-11,14,22H,6-7,12H2,1-5H3,(H,20,24)/t14-/m0/s1. The molecule has 1 aromatic carbocycles. The normalized spacial score (nSPS) is 13.4. The summed E-state index contributed by atoms with van der Waals surface area (Å²) in [5.74, 6) is -0.396. The average Bonchev–Trinajstić information content (AvgIpc) is 3.05. The van der Waals surface area contributed by atoms with Gasteiger partial charge in [0.1, 0.15) is 10.6 Å². The Hall–Kier alpha value is -2.28. The minimum Gasteiger partial charge on any atom is -0.360 e. The van der Waals surface area contributed by atoms with Gasteiger partial charge in [0.25, 0.3) is 0 Å². The van der Waals surface area contributed by atoms with Crippen molar-refractivity contribution in [2.45, 2.75) is 57.0 Å². The number of nitrogens with one attached hydrogen (secondary N) is 2. The van der Waals surface area contributed by atoms with Crippen LogP contribution in [-0.4, -0.2) is 51.3 Å². The van der Waals surface area contributed by atoms with Crippen LogP contribution >= 0.6 is 0 Å². The number of benzene rings is 1. The van der Waals surface area contributed by atoms with Gasteiger partial charge in [-0.25, -0.2) is 16.8 Å². The van der Waals surface area contributed by atoms with Crippen molar-refractivity contribution in [1.29, 1.82) is 0 Å². The fourth-order valence-electron chi connectivity index (χ4n) is 3.04. The highest BCUT2D eigenvalue weighted by Crippen LogP contribution is 2.19. The minimum absolute atomic E-state index is 0.0860. The molecule has 0 aliphatic heterocycles. The third-order valence-corrected chi connectivity index (χ3v) is 8.54. The van der Waals surface area contributed by atoms with Gasteiger partial charge >= 0.3 is 0 Å². The van der Waals surface area contributed by atoms with Gasteiger partial charge < -0.3 is 9.84 Å². The molecule has 0 unspecified atom stereocenters. The summed E-state index contributed by atoms with van der Waals surface area (Å²) in [5, 5.41) is 6.25. The van der Waals surface area contributed by atoms with Gasteiger partial charge in [0, 0.05) is 19.6 Å². The van der Waals surface area contributed by atoms with Crippen LogP contribution in [0.2, 0.25) is 0 Å². The van der Waals surface area contributed by atoms with Gasteiger partial charge in [0.05, 0.1) is 10.9 Å². The number of carbonyl (C=O) groups is 1. The second-order valence-electron chi connectivity index (χ2n) is 6.95. The van der Waals surface area contributed by atoms with Crippen LogP contribution in [-0.2, 0) is 31.4 Å². The molecule has 2 aromatic rings. The van der Waals surface area contributed by atoms with Crippen molar-refractivity contribution in [3.05, 3.63) is 41.3 Å². The summed E-state index contributed by atoms with van der Waals surface area (Å²) in [4.78, 5) is 12.4. The molecule has 1 aromatic heterocycles. The Kier molecular flexibility index (Phi) is 7.98. The zero-order valence-corrected chi connectivity index (χ0v) is 19.8. The van der Waals surface area contributed by atoms with Gasteiger partial charge in [0.15, 0.2) is 5.76 Å². The number of aromatic nitrogens is 1. The molecule has 0 fully saturated rings. The molecule has 0 bridgehead atoms. The second kappa shape index (κ2) is 9.90. The summed E-state index contributed by atoms with van der Waals surface area (Å²) < 4.78 is 58.6. The maximum atomic E-state index is 12.5. The van der Waals surface area contributed by atoms with E-state index in [1.807, 2.05) is 0 Å². The fraction of sp³-hybridized carbons (Fsp3) is 0.474. The first kappa shape index (κ1) is 25.0. The third-order valence-electron chi connectivity index (χ3n) is 4.70. The Morgan fingerprint density at radius 1 is 1.10 bits per heavy atom. The molecule has 0 saturated carbocycles. The number of hydrogen-bond donors (Lipinski definition) is 2. The van der Waals surface area contributed by atoms with Crippen LogP contribution in [0.25, 0.3) is 0 Å². The maximum absolute atomic E-state index is 12.5. The van der Waals surface area contributed by atoms with E-state index in [0.717, 1.165) is 0 Å². The van der Waals surface area contributed by atoms with Gasteiger partial charge in [-0.05, 0) is 38.5 Å². The molecule has 2 rings (SSSR count). The molecule has 0 saturated heterocycles. The van der Waals surface area contributed by atoms with E-state index in [4.69, 9.17) is 4.52 Å². The molecule has 0 radical (unpaired) electrons. The topological polar surface area (TPSA) is 139 Å². The summed E-state index contributed by atoms with van der Waals surface area (Å²) in [6, 6.07) is 5.14. The van der Waals surface area contributed by atoms with E-state index in [1.165, 1.54) is 37.2 Å². The number of aryl methyl sites for hydroxylation is 2. The number of nitrogens with zero attached hydrogens (tertiary/aromatic N) is 2. The van der Waals surface area contributed by atoms with Crippen molar-refractivity contribution in [2.75, 3.05) is 13.1 Å². The summed E-state index contributed by atoms with van der Waals surface area (Å²) in [7, 11) is -7.53. The van der Waals surface area contributed by atoms with E-state index in [9.17, 15) is 21.6 Å². The van der Waals surface area contributed by atoms with Crippen molar-refractivity contribution in [2.24, 2.45) is 0 Å². The number of rotatable bonds is 10. The number of carbonyl (C=O) groups excluding carboxylic acids is 1. The fourth-order valence-corrected chi connectivity index (χ4v) is 6.03. The first-order chi connectivity index (χ1) is 14.4. The second-order valence-corrected chi connectivity index (χ2v) is 10.5. The van der Waals surface area contributed by atoms with Crippen molar-refractivity contribution in [1.82, 2.24) is 19.5 Å². The Balaban J connectivity index is 2.01. The Bertz CT molecular complexity index is 1100. The molecule has 1 amide bonds. The third kappa shape index (κ3) is 5.70. The van der Waals surface area contributed by atoms with Crippen LogP contribution in [0, 0.1) is 13.8 Å². The highest BCUT2D eigenvalue weighted by atomic mass is 32.2. The van der Waals surface area contributed by atoms with Gasteiger partial charge in [-0.3, -0.25) is 4.79 Å². The lowest BCUT2D eigenvalue weighted by molar-refractivity contribution is -0.122. The van der Waals surface area contributed by atoms with E-state index in [2.05, 4.69) is 15.2 Å². The molecule has 31 heavy (non-hydrogen) atoms. The summed E-state index contributed by atoms with van der Waals surface area (Å²) in [6.07, 6.45) is 0. The van der Waals surface area contributed by atoms with Crippen molar-refractivity contribution < 1.29 is 26.2 Å². The lowest BCUT2D eigenvalue weighted by Gasteiger charge is -2.18. The molecule has 172 valence electrons.